The van der Waals surface area contributed by atoms with Crippen molar-refractivity contribution >= 4 is 21.7 Å². The van der Waals surface area contributed by atoms with E-state index < -0.39 is 0 Å². The number of aryl methyl sites for hydroxylation is 1. The first kappa shape index (κ1) is 15.6. The van der Waals surface area contributed by atoms with Crippen LogP contribution in [0.2, 0.25) is 0 Å². The zero-order chi connectivity index (χ0) is 15.2. The number of ketones is 1. The van der Waals surface area contributed by atoms with E-state index in [0.717, 1.165) is 15.8 Å². The number of rotatable bonds is 6. The van der Waals surface area contributed by atoms with Crippen LogP contribution in [0.25, 0.3) is 0 Å². The molecule has 2 aromatic rings. The van der Waals surface area contributed by atoms with Gasteiger partial charge in [-0.3, -0.25) is 4.79 Å². The number of benzene rings is 2. The molecule has 0 aliphatic rings. The molecule has 0 heterocycles. The Morgan fingerprint density at radius 3 is 2.43 bits per heavy atom. The first-order chi connectivity index (χ1) is 10.1. The number of ether oxygens (including phenoxy) is 2. The lowest BCUT2D eigenvalue weighted by Gasteiger charge is -2.09. The quantitative estimate of drug-likeness (QED) is 0.725. The van der Waals surface area contributed by atoms with Crippen molar-refractivity contribution in [3.05, 3.63) is 58.1 Å². The average Bonchev–Trinajstić information content (AvgIpc) is 2.47. The van der Waals surface area contributed by atoms with Gasteiger partial charge >= 0.3 is 0 Å². The van der Waals surface area contributed by atoms with Crippen LogP contribution in [0.3, 0.4) is 0 Å². The highest BCUT2D eigenvalue weighted by Gasteiger charge is 2.09. The normalized spacial score (nSPS) is 10.2. The Labute approximate surface area is 133 Å². The van der Waals surface area contributed by atoms with Gasteiger partial charge in [-0.05, 0) is 71.7 Å². The molecular formula is C17H17BrO3. The van der Waals surface area contributed by atoms with E-state index in [-0.39, 0.29) is 12.4 Å². The number of Topliss-reactive ketones (excluding diaryl/α,β-unsaturated/α-hetero) is 1. The Morgan fingerprint density at radius 1 is 1.10 bits per heavy atom. The van der Waals surface area contributed by atoms with E-state index in [9.17, 15) is 4.79 Å². The van der Waals surface area contributed by atoms with Gasteiger partial charge in [0, 0.05) is 5.56 Å². The highest BCUT2D eigenvalue weighted by molar-refractivity contribution is 9.10. The lowest BCUT2D eigenvalue weighted by molar-refractivity contribution is 0.0921. The van der Waals surface area contributed by atoms with Gasteiger partial charge in [0.25, 0.3) is 0 Å². The van der Waals surface area contributed by atoms with E-state index in [1.54, 1.807) is 24.3 Å². The second kappa shape index (κ2) is 7.27. The van der Waals surface area contributed by atoms with E-state index in [0.29, 0.717) is 17.9 Å². The van der Waals surface area contributed by atoms with Gasteiger partial charge in [-0.2, -0.15) is 0 Å². The highest BCUT2D eigenvalue weighted by atomic mass is 79.9. The number of halogens is 1. The maximum absolute atomic E-state index is 12.1. The van der Waals surface area contributed by atoms with Gasteiger partial charge in [-0.25, -0.2) is 0 Å². The molecule has 0 aliphatic heterocycles. The minimum absolute atomic E-state index is 0.00957. The molecule has 0 aliphatic carbocycles. The molecule has 0 saturated carbocycles. The van der Waals surface area contributed by atoms with Crippen molar-refractivity contribution in [3.8, 4) is 11.5 Å². The van der Waals surface area contributed by atoms with E-state index in [4.69, 9.17) is 9.47 Å². The molecule has 21 heavy (non-hydrogen) atoms. The minimum atomic E-state index is -0.0643. The Hall–Kier alpha value is -1.81. The largest absolute Gasteiger partial charge is 0.494 e. The van der Waals surface area contributed by atoms with Crippen LogP contribution in [0.4, 0.5) is 0 Å². The van der Waals surface area contributed by atoms with Crippen LogP contribution >= 0.6 is 15.9 Å². The van der Waals surface area contributed by atoms with Crippen LogP contribution < -0.4 is 9.47 Å². The van der Waals surface area contributed by atoms with Gasteiger partial charge in [0.1, 0.15) is 11.5 Å². The van der Waals surface area contributed by atoms with Crippen LogP contribution in [0, 0.1) is 6.92 Å². The molecule has 0 fully saturated rings. The fourth-order valence-electron chi connectivity index (χ4n) is 1.85. The molecule has 0 spiro atoms. The van der Waals surface area contributed by atoms with Crippen LogP contribution in [0.5, 0.6) is 11.5 Å². The van der Waals surface area contributed by atoms with E-state index in [1.807, 2.05) is 32.0 Å². The summed E-state index contributed by atoms with van der Waals surface area (Å²) in [6.07, 6.45) is 0. The minimum Gasteiger partial charge on any atom is -0.494 e. The second-order valence-corrected chi connectivity index (χ2v) is 5.46. The third-order valence-electron chi connectivity index (χ3n) is 2.93. The number of carbonyl (C=O) groups is 1. The molecule has 0 bridgehead atoms. The summed E-state index contributed by atoms with van der Waals surface area (Å²) in [6, 6.07) is 12.8. The maximum atomic E-state index is 12.1. The van der Waals surface area contributed by atoms with Gasteiger partial charge in [0.2, 0.25) is 0 Å². The molecule has 0 radical (unpaired) electrons. The van der Waals surface area contributed by atoms with Gasteiger partial charge in [-0.1, -0.05) is 6.07 Å². The molecule has 4 heteroatoms. The number of hydrogen-bond acceptors (Lipinski definition) is 3. The average molecular weight is 349 g/mol. The van der Waals surface area contributed by atoms with Crippen LogP contribution in [0.15, 0.2) is 46.9 Å². The molecule has 0 aromatic heterocycles. The predicted octanol–water partition coefficient (Wildman–Crippen LogP) is 4.42. The zero-order valence-electron chi connectivity index (χ0n) is 12.1. The predicted molar refractivity (Wildman–Crippen MR) is 86.3 cm³/mol. The fourth-order valence-corrected chi connectivity index (χ4v) is 2.46. The Balaban J connectivity index is 1.98. The Kier molecular flexibility index (Phi) is 5.39. The lowest BCUT2D eigenvalue weighted by atomic mass is 10.1. The molecule has 0 amide bonds. The van der Waals surface area contributed by atoms with Crippen molar-refractivity contribution in [1.29, 1.82) is 0 Å². The molecule has 0 atom stereocenters. The monoisotopic (exact) mass is 348 g/mol. The standard InChI is InChI=1S/C17H17BrO3/c1-3-20-14-7-5-13(6-8-14)16(19)11-21-17-9-4-12(2)10-15(17)18/h4-10H,3,11H2,1-2H3. The topological polar surface area (TPSA) is 35.5 Å². The first-order valence-electron chi connectivity index (χ1n) is 6.75. The van der Waals surface area contributed by atoms with Crippen molar-refractivity contribution in [3.63, 3.8) is 0 Å². The summed E-state index contributed by atoms with van der Waals surface area (Å²) in [6.45, 7) is 4.54. The summed E-state index contributed by atoms with van der Waals surface area (Å²) in [4.78, 5) is 12.1. The summed E-state index contributed by atoms with van der Waals surface area (Å²) in [7, 11) is 0. The third-order valence-corrected chi connectivity index (χ3v) is 3.55. The van der Waals surface area contributed by atoms with Crippen molar-refractivity contribution in [2.75, 3.05) is 13.2 Å². The fraction of sp³-hybridized carbons (Fsp3) is 0.235. The molecule has 0 unspecified atom stereocenters. The van der Waals surface area contributed by atoms with E-state index >= 15 is 0 Å². The van der Waals surface area contributed by atoms with Crippen LogP contribution in [0.1, 0.15) is 22.8 Å². The molecule has 0 N–H and O–H groups in total. The lowest BCUT2D eigenvalue weighted by Crippen LogP contribution is -2.11. The van der Waals surface area contributed by atoms with Gasteiger partial charge < -0.3 is 9.47 Å². The maximum Gasteiger partial charge on any atom is 0.200 e. The van der Waals surface area contributed by atoms with Crippen molar-refractivity contribution in [2.24, 2.45) is 0 Å². The smallest absolute Gasteiger partial charge is 0.200 e. The Bertz CT molecular complexity index is 620. The SMILES string of the molecule is CCOc1ccc(C(=O)COc2ccc(C)cc2Br)cc1. The van der Waals surface area contributed by atoms with E-state index in [1.165, 1.54) is 0 Å². The van der Waals surface area contributed by atoms with Gasteiger partial charge in [0.15, 0.2) is 12.4 Å². The molecule has 2 rings (SSSR count). The number of carbonyl (C=O) groups excluding carboxylic acids is 1. The van der Waals surface area contributed by atoms with E-state index in [2.05, 4.69) is 15.9 Å². The molecule has 0 saturated heterocycles. The van der Waals surface area contributed by atoms with Crippen LogP contribution in [-0.4, -0.2) is 19.0 Å². The summed E-state index contributed by atoms with van der Waals surface area (Å²) in [5.74, 6) is 1.36. The molecule has 2 aromatic carbocycles. The van der Waals surface area contributed by atoms with Crippen molar-refractivity contribution in [2.45, 2.75) is 13.8 Å². The van der Waals surface area contributed by atoms with Gasteiger partial charge in [-0.15, -0.1) is 0 Å². The van der Waals surface area contributed by atoms with Gasteiger partial charge in [0.05, 0.1) is 11.1 Å². The summed E-state index contributed by atoms with van der Waals surface area (Å²) in [5.41, 5.74) is 1.74. The van der Waals surface area contributed by atoms with Crippen molar-refractivity contribution in [1.82, 2.24) is 0 Å². The van der Waals surface area contributed by atoms with Crippen LogP contribution in [-0.2, 0) is 0 Å². The molecular weight excluding hydrogens is 332 g/mol. The third kappa shape index (κ3) is 4.33. The number of hydrogen-bond donors (Lipinski definition) is 0. The highest BCUT2D eigenvalue weighted by Crippen LogP contribution is 2.25. The summed E-state index contributed by atoms with van der Waals surface area (Å²) < 4.78 is 11.8. The first-order valence-corrected chi connectivity index (χ1v) is 7.54. The Morgan fingerprint density at radius 2 is 1.81 bits per heavy atom. The summed E-state index contributed by atoms with van der Waals surface area (Å²) >= 11 is 3.43. The summed E-state index contributed by atoms with van der Waals surface area (Å²) in [5, 5.41) is 0. The second-order valence-electron chi connectivity index (χ2n) is 4.60. The van der Waals surface area contributed by atoms with Crippen molar-refractivity contribution < 1.29 is 14.3 Å². The molecule has 110 valence electrons. The zero-order valence-corrected chi connectivity index (χ0v) is 13.6. The molecule has 3 nitrogen and oxygen atoms in total.